The molecule has 0 fully saturated rings. The number of aromatic amines is 1. The number of hydrogen-bond acceptors (Lipinski definition) is 6. The summed E-state index contributed by atoms with van der Waals surface area (Å²) in [5.41, 5.74) is 3.13. The molecule has 1 aliphatic heterocycles. The van der Waals surface area contributed by atoms with Crippen LogP contribution in [-0.4, -0.2) is 36.4 Å². The van der Waals surface area contributed by atoms with Crippen LogP contribution >= 0.6 is 0 Å². The Kier molecular flexibility index (Phi) is 3.45. The van der Waals surface area contributed by atoms with Crippen LogP contribution in [0.5, 0.6) is 23.0 Å². The summed E-state index contributed by atoms with van der Waals surface area (Å²) in [4.78, 5) is 0. The molecule has 24 heavy (non-hydrogen) atoms. The number of nitrogens with zero attached hydrogens (tertiary/aromatic N) is 2. The van der Waals surface area contributed by atoms with Crippen LogP contribution < -0.4 is 18.9 Å². The molecular weight excluding hydrogens is 310 g/mol. The molecule has 7 heteroatoms. The van der Waals surface area contributed by atoms with Crippen LogP contribution in [0.15, 0.2) is 36.4 Å². The van der Waals surface area contributed by atoms with Crippen LogP contribution in [0.2, 0.25) is 0 Å². The molecule has 1 aliphatic rings. The summed E-state index contributed by atoms with van der Waals surface area (Å²) in [6.07, 6.45) is 0. The molecule has 0 radical (unpaired) electrons. The van der Waals surface area contributed by atoms with Crippen LogP contribution in [0, 0.1) is 0 Å². The molecule has 122 valence electrons. The maximum Gasteiger partial charge on any atom is 0.231 e. The Morgan fingerprint density at radius 1 is 0.833 bits per heavy atom. The standard InChI is InChI=1S/C17H15N3O4/c1-21-12-5-11(6-13(8-12)22-2)17-16(18-20-19-17)10-3-4-14-15(7-10)24-9-23-14/h3-8H,9H2,1-2H3,(H,18,19,20). The van der Waals surface area contributed by atoms with E-state index in [-0.39, 0.29) is 6.79 Å². The van der Waals surface area contributed by atoms with E-state index in [1.165, 1.54) is 0 Å². The lowest BCUT2D eigenvalue weighted by molar-refractivity contribution is 0.174. The van der Waals surface area contributed by atoms with E-state index in [1.807, 2.05) is 36.4 Å². The normalized spacial score (nSPS) is 12.2. The summed E-state index contributed by atoms with van der Waals surface area (Å²) in [6.45, 7) is 0.234. The van der Waals surface area contributed by atoms with Crippen molar-refractivity contribution in [3.8, 4) is 45.5 Å². The summed E-state index contributed by atoms with van der Waals surface area (Å²) >= 11 is 0. The van der Waals surface area contributed by atoms with Crippen LogP contribution in [-0.2, 0) is 0 Å². The molecule has 0 amide bonds. The molecule has 7 nitrogen and oxygen atoms in total. The second-order valence-corrected chi connectivity index (χ2v) is 5.19. The fourth-order valence-corrected chi connectivity index (χ4v) is 2.62. The van der Waals surface area contributed by atoms with Crippen LogP contribution in [0.25, 0.3) is 22.5 Å². The summed E-state index contributed by atoms with van der Waals surface area (Å²) in [5.74, 6) is 2.80. The first-order valence-electron chi connectivity index (χ1n) is 7.32. The summed E-state index contributed by atoms with van der Waals surface area (Å²) in [6, 6.07) is 11.3. The average molecular weight is 325 g/mol. The number of nitrogens with one attached hydrogen (secondary N) is 1. The van der Waals surface area contributed by atoms with Crippen molar-refractivity contribution in [1.82, 2.24) is 15.4 Å². The Morgan fingerprint density at radius 3 is 2.21 bits per heavy atom. The number of H-pyrrole nitrogens is 1. The SMILES string of the molecule is COc1cc(OC)cc(-c2n[nH]nc2-c2ccc3c(c2)OCO3)c1. The van der Waals surface area contributed by atoms with Crippen LogP contribution in [0.3, 0.4) is 0 Å². The third kappa shape index (κ3) is 2.40. The number of rotatable bonds is 4. The van der Waals surface area contributed by atoms with E-state index in [9.17, 15) is 0 Å². The van der Waals surface area contributed by atoms with Gasteiger partial charge in [-0.3, -0.25) is 0 Å². The predicted octanol–water partition coefficient (Wildman–Crippen LogP) is 2.88. The van der Waals surface area contributed by atoms with Gasteiger partial charge in [-0.1, -0.05) is 0 Å². The van der Waals surface area contributed by atoms with E-state index in [0.717, 1.165) is 16.9 Å². The Hall–Kier alpha value is -3.22. The highest BCUT2D eigenvalue weighted by Crippen LogP contribution is 2.38. The average Bonchev–Trinajstić information content (AvgIpc) is 3.29. The van der Waals surface area contributed by atoms with Gasteiger partial charge in [0.05, 0.1) is 14.2 Å². The molecule has 1 N–H and O–H groups in total. The highest BCUT2D eigenvalue weighted by Gasteiger charge is 2.19. The molecule has 0 saturated carbocycles. The number of methoxy groups -OCH3 is 2. The van der Waals surface area contributed by atoms with Gasteiger partial charge in [0.15, 0.2) is 11.5 Å². The van der Waals surface area contributed by atoms with Crippen molar-refractivity contribution < 1.29 is 18.9 Å². The van der Waals surface area contributed by atoms with Gasteiger partial charge in [0.2, 0.25) is 6.79 Å². The number of benzene rings is 2. The van der Waals surface area contributed by atoms with Crippen molar-refractivity contribution >= 4 is 0 Å². The van der Waals surface area contributed by atoms with Gasteiger partial charge < -0.3 is 18.9 Å². The van der Waals surface area contributed by atoms with Crippen molar-refractivity contribution in [2.75, 3.05) is 21.0 Å². The first-order chi connectivity index (χ1) is 11.8. The zero-order chi connectivity index (χ0) is 16.5. The lowest BCUT2D eigenvalue weighted by Crippen LogP contribution is -1.92. The molecule has 0 aliphatic carbocycles. The van der Waals surface area contributed by atoms with Crippen molar-refractivity contribution in [2.24, 2.45) is 0 Å². The summed E-state index contributed by atoms with van der Waals surface area (Å²) in [5, 5.41) is 11.3. The maximum atomic E-state index is 5.44. The minimum atomic E-state index is 0.234. The van der Waals surface area contributed by atoms with Gasteiger partial charge in [0.25, 0.3) is 0 Å². The van der Waals surface area contributed by atoms with Gasteiger partial charge >= 0.3 is 0 Å². The third-order valence-corrected chi connectivity index (χ3v) is 3.82. The Balaban J connectivity index is 1.81. The van der Waals surface area contributed by atoms with E-state index in [0.29, 0.717) is 28.6 Å². The first-order valence-corrected chi connectivity index (χ1v) is 7.32. The number of fused-ring (bicyclic) bond motifs is 1. The fourth-order valence-electron chi connectivity index (χ4n) is 2.62. The lowest BCUT2D eigenvalue weighted by Gasteiger charge is -2.08. The molecule has 0 spiro atoms. The highest BCUT2D eigenvalue weighted by atomic mass is 16.7. The smallest absolute Gasteiger partial charge is 0.231 e. The Bertz CT molecular complexity index is 869. The molecule has 0 unspecified atom stereocenters. The highest BCUT2D eigenvalue weighted by molar-refractivity contribution is 5.80. The van der Waals surface area contributed by atoms with E-state index in [2.05, 4.69) is 15.4 Å². The van der Waals surface area contributed by atoms with Crippen molar-refractivity contribution in [3.05, 3.63) is 36.4 Å². The maximum absolute atomic E-state index is 5.44. The van der Waals surface area contributed by atoms with Crippen molar-refractivity contribution in [3.63, 3.8) is 0 Å². The van der Waals surface area contributed by atoms with Crippen LogP contribution in [0.1, 0.15) is 0 Å². The number of hydrogen-bond donors (Lipinski definition) is 1. The predicted molar refractivity (Wildman–Crippen MR) is 86.5 cm³/mol. The van der Waals surface area contributed by atoms with E-state index in [4.69, 9.17) is 18.9 Å². The molecule has 1 aromatic heterocycles. The Labute approximate surface area is 138 Å². The number of aromatic nitrogens is 3. The van der Waals surface area contributed by atoms with Gasteiger partial charge in [-0.2, -0.15) is 15.4 Å². The van der Waals surface area contributed by atoms with E-state index < -0.39 is 0 Å². The zero-order valence-corrected chi connectivity index (χ0v) is 13.2. The molecule has 0 saturated heterocycles. The monoisotopic (exact) mass is 325 g/mol. The summed E-state index contributed by atoms with van der Waals surface area (Å²) in [7, 11) is 3.22. The second kappa shape index (κ2) is 5.77. The second-order valence-electron chi connectivity index (χ2n) is 5.19. The van der Waals surface area contributed by atoms with Crippen molar-refractivity contribution in [1.29, 1.82) is 0 Å². The van der Waals surface area contributed by atoms with Gasteiger partial charge in [-0.15, -0.1) is 0 Å². The minimum absolute atomic E-state index is 0.234. The van der Waals surface area contributed by atoms with Crippen LogP contribution in [0.4, 0.5) is 0 Å². The minimum Gasteiger partial charge on any atom is -0.497 e. The van der Waals surface area contributed by atoms with E-state index >= 15 is 0 Å². The molecule has 0 atom stereocenters. The van der Waals surface area contributed by atoms with Gasteiger partial charge in [-0.25, -0.2) is 0 Å². The Morgan fingerprint density at radius 2 is 1.50 bits per heavy atom. The zero-order valence-electron chi connectivity index (χ0n) is 13.2. The molecule has 0 bridgehead atoms. The molecule has 2 heterocycles. The fraction of sp³-hybridized carbons (Fsp3) is 0.176. The summed E-state index contributed by atoms with van der Waals surface area (Å²) < 4.78 is 21.4. The largest absolute Gasteiger partial charge is 0.497 e. The van der Waals surface area contributed by atoms with E-state index in [1.54, 1.807) is 14.2 Å². The third-order valence-electron chi connectivity index (χ3n) is 3.82. The number of ether oxygens (including phenoxy) is 4. The van der Waals surface area contributed by atoms with Gasteiger partial charge in [0, 0.05) is 17.2 Å². The van der Waals surface area contributed by atoms with Gasteiger partial charge in [-0.05, 0) is 30.3 Å². The van der Waals surface area contributed by atoms with Gasteiger partial charge in [0.1, 0.15) is 22.9 Å². The lowest BCUT2D eigenvalue weighted by atomic mass is 10.0. The molecule has 4 rings (SSSR count). The molecular formula is C17H15N3O4. The quantitative estimate of drug-likeness (QED) is 0.794. The molecule has 2 aromatic carbocycles. The topological polar surface area (TPSA) is 78.5 Å². The van der Waals surface area contributed by atoms with Crippen molar-refractivity contribution in [2.45, 2.75) is 0 Å². The first kappa shape index (κ1) is 14.4. The molecule has 3 aromatic rings.